The number of hydrogen-bond acceptors (Lipinski definition) is 4. The van der Waals surface area contributed by atoms with E-state index in [1.165, 1.54) is 12.7 Å². The molecule has 0 aliphatic heterocycles. The first kappa shape index (κ1) is 23.1. The molecular formula is C20H26Cl2N2O3. The summed E-state index contributed by atoms with van der Waals surface area (Å²) in [6, 6.07) is 14.3. The predicted molar refractivity (Wildman–Crippen MR) is 111 cm³/mol. The molecule has 0 radical (unpaired) electrons. The largest absolute Gasteiger partial charge is 0.493 e. The van der Waals surface area contributed by atoms with Gasteiger partial charge >= 0.3 is 0 Å². The molecule has 7 heteroatoms. The van der Waals surface area contributed by atoms with E-state index < -0.39 is 5.91 Å². The van der Waals surface area contributed by atoms with E-state index in [0.29, 0.717) is 23.1 Å². The molecule has 0 fully saturated rings. The number of methoxy groups -OCH3 is 1. The van der Waals surface area contributed by atoms with Gasteiger partial charge in [0.15, 0.2) is 18.1 Å². The smallest absolute Gasteiger partial charge is 0.255 e. The van der Waals surface area contributed by atoms with Crippen molar-refractivity contribution >= 4 is 29.9 Å². The Morgan fingerprint density at radius 1 is 1.26 bits per heavy atom. The molecule has 0 saturated carbocycles. The summed E-state index contributed by atoms with van der Waals surface area (Å²) in [5.74, 6) is 0.228. The predicted octanol–water partition coefficient (Wildman–Crippen LogP) is 4.27. The van der Waals surface area contributed by atoms with E-state index in [0.717, 1.165) is 18.4 Å². The van der Waals surface area contributed by atoms with Crippen LogP contribution < -0.4 is 20.5 Å². The van der Waals surface area contributed by atoms with E-state index in [2.05, 4.69) is 24.4 Å². The van der Waals surface area contributed by atoms with Gasteiger partial charge in [-0.2, -0.15) is 0 Å². The summed E-state index contributed by atoms with van der Waals surface area (Å²) in [5, 5.41) is 3.96. The average Bonchev–Trinajstić information content (AvgIpc) is 2.64. The second kappa shape index (κ2) is 11.7. The lowest BCUT2D eigenvalue weighted by atomic mass is 10.0. The molecule has 0 heterocycles. The van der Waals surface area contributed by atoms with Crippen LogP contribution in [0.2, 0.25) is 5.02 Å². The molecule has 2 aromatic carbocycles. The minimum Gasteiger partial charge on any atom is -0.493 e. The Labute approximate surface area is 171 Å². The molecule has 3 N–H and O–H groups in total. The molecule has 0 spiro atoms. The van der Waals surface area contributed by atoms with E-state index >= 15 is 0 Å². The molecule has 0 aliphatic rings. The van der Waals surface area contributed by atoms with Gasteiger partial charge < -0.3 is 20.5 Å². The van der Waals surface area contributed by atoms with Crippen LogP contribution in [0.15, 0.2) is 42.5 Å². The zero-order valence-electron chi connectivity index (χ0n) is 15.5. The average molecular weight is 413 g/mol. The van der Waals surface area contributed by atoms with Crippen LogP contribution in [0.1, 0.15) is 36.9 Å². The highest BCUT2D eigenvalue weighted by atomic mass is 35.5. The number of amides is 1. The fraction of sp³-hybridized carbons (Fsp3) is 0.350. The van der Waals surface area contributed by atoms with Crippen LogP contribution in [-0.4, -0.2) is 19.6 Å². The van der Waals surface area contributed by atoms with Gasteiger partial charge in [0.05, 0.1) is 12.1 Å². The van der Waals surface area contributed by atoms with Crippen LogP contribution in [0, 0.1) is 0 Å². The number of benzene rings is 2. The zero-order valence-corrected chi connectivity index (χ0v) is 17.1. The molecule has 27 heavy (non-hydrogen) atoms. The lowest BCUT2D eigenvalue weighted by Crippen LogP contribution is -2.21. The van der Waals surface area contributed by atoms with Crippen molar-refractivity contribution < 1.29 is 14.3 Å². The maximum absolute atomic E-state index is 10.9. The number of nitrogens with two attached hydrogens (primary N) is 1. The number of nitrogens with one attached hydrogen (secondary N) is 1. The van der Waals surface area contributed by atoms with Crippen molar-refractivity contribution in [2.75, 3.05) is 13.7 Å². The molecule has 5 nitrogen and oxygen atoms in total. The van der Waals surface area contributed by atoms with Crippen molar-refractivity contribution in [2.45, 2.75) is 32.4 Å². The van der Waals surface area contributed by atoms with E-state index in [1.54, 1.807) is 6.07 Å². The number of rotatable bonds is 10. The van der Waals surface area contributed by atoms with Gasteiger partial charge in [-0.3, -0.25) is 4.79 Å². The highest BCUT2D eigenvalue weighted by Crippen LogP contribution is 2.36. The first-order chi connectivity index (χ1) is 12.5. The van der Waals surface area contributed by atoms with Crippen molar-refractivity contribution in [1.82, 2.24) is 5.32 Å². The first-order valence-corrected chi connectivity index (χ1v) is 8.98. The Morgan fingerprint density at radius 3 is 2.56 bits per heavy atom. The van der Waals surface area contributed by atoms with Crippen molar-refractivity contribution in [2.24, 2.45) is 5.73 Å². The normalized spacial score (nSPS) is 11.4. The van der Waals surface area contributed by atoms with Gasteiger partial charge in [-0.05, 0) is 29.7 Å². The molecule has 0 bridgehead atoms. The van der Waals surface area contributed by atoms with E-state index in [4.69, 9.17) is 26.8 Å². The number of carbonyl (C=O) groups excluding carboxylic acids is 1. The maximum atomic E-state index is 10.9. The van der Waals surface area contributed by atoms with Gasteiger partial charge in [0.25, 0.3) is 5.91 Å². The molecule has 1 unspecified atom stereocenters. The van der Waals surface area contributed by atoms with E-state index in [-0.39, 0.29) is 25.1 Å². The SMILES string of the molecule is CCCC(NCc1cc(Cl)c(OCC(N)=O)c(OC)c1)c1ccccc1.Cl. The molecule has 0 aliphatic carbocycles. The van der Waals surface area contributed by atoms with Crippen molar-refractivity contribution in [3.05, 3.63) is 58.6 Å². The third-order valence-corrected chi connectivity index (χ3v) is 4.26. The molecule has 148 valence electrons. The lowest BCUT2D eigenvalue weighted by Gasteiger charge is -2.20. The fourth-order valence-corrected chi connectivity index (χ4v) is 3.05. The number of ether oxygens (including phenoxy) is 2. The molecule has 2 aromatic rings. The lowest BCUT2D eigenvalue weighted by molar-refractivity contribution is -0.119. The number of halogens is 2. The van der Waals surface area contributed by atoms with Crippen LogP contribution >= 0.6 is 24.0 Å². The number of primary amides is 1. The Hall–Kier alpha value is -1.95. The Bertz CT molecular complexity index is 727. The van der Waals surface area contributed by atoms with Crippen molar-refractivity contribution in [3.8, 4) is 11.5 Å². The quantitative estimate of drug-likeness (QED) is 0.610. The molecule has 1 atom stereocenters. The number of carbonyl (C=O) groups is 1. The summed E-state index contributed by atoms with van der Waals surface area (Å²) >= 11 is 6.31. The Kier molecular flexibility index (Phi) is 10.0. The standard InChI is InChI=1S/C20H25ClN2O3.ClH/c1-3-7-17(15-8-5-4-6-9-15)23-12-14-10-16(21)20(18(11-14)25-2)26-13-19(22)24;/h4-6,8-11,17,23H,3,7,12-13H2,1-2H3,(H2,22,24);1H. The second-order valence-corrected chi connectivity index (χ2v) is 6.40. The minimum absolute atomic E-state index is 0. The first-order valence-electron chi connectivity index (χ1n) is 8.61. The highest BCUT2D eigenvalue weighted by molar-refractivity contribution is 6.32. The van der Waals surface area contributed by atoms with Crippen LogP contribution in [0.3, 0.4) is 0 Å². The second-order valence-electron chi connectivity index (χ2n) is 6.00. The van der Waals surface area contributed by atoms with E-state index in [9.17, 15) is 4.79 Å². The van der Waals surface area contributed by atoms with Gasteiger partial charge in [0.1, 0.15) is 0 Å². The van der Waals surface area contributed by atoms with Crippen LogP contribution in [0.4, 0.5) is 0 Å². The molecule has 0 saturated heterocycles. The summed E-state index contributed by atoms with van der Waals surface area (Å²) in [5.41, 5.74) is 7.34. The third-order valence-electron chi connectivity index (χ3n) is 3.98. The van der Waals surface area contributed by atoms with Crippen LogP contribution in [-0.2, 0) is 11.3 Å². The van der Waals surface area contributed by atoms with Gasteiger partial charge in [-0.15, -0.1) is 12.4 Å². The summed E-state index contributed by atoms with van der Waals surface area (Å²) in [6.07, 6.45) is 2.12. The molecule has 0 aromatic heterocycles. The topological polar surface area (TPSA) is 73.6 Å². The Morgan fingerprint density at radius 2 is 1.96 bits per heavy atom. The maximum Gasteiger partial charge on any atom is 0.255 e. The van der Waals surface area contributed by atoms with Gasteiger partial charge in [-0.1, -0.05) is 55.3 Å². The third kappa shape index (κ3) is 6.94. The summed E-state index contributed by atoms with van der Waals surface area (Å²) in [4.78, 5) is 10.9. The van der Waals surface area contributed by atoms with Crippen LogP contribution in [0.25, 0.3) is 0 Å². The monoisotopic (exact) mass is 412 g/mol. The highest BCUT2D eigenvalue weighted by Gasteiger charge is 2.15. The van der Waals surface area contributed by atoms with E-state index in [1.807, 2.05) is 24.3 Å². The summed E-state index contributed by atoms with van der Waals surface area (Å²) < 4.78 is 10.7. The minimum atomic E-state index is -0.570. The number of hydrogen-bond donors (Lipinski definition) is 2. The van der Waals surface area contributed by atoms with Gasteiger partial charge in [-0.25, -0.2) is 0 Å². The van der Waals surface area contributed by atoms with Gasteiger partial charge in [0.2, 0.25) is 0 Å². The van der Waals surface area contributed by atoms with Crippen LogP contribution in [0.5, 0.6) is 11.5 Å². The molecule has 2 rings (SSSR count). The summed E-state index contributed by atoms with van der Waals surface area (Å²) in [6.45, 7) is 2.55. The molecular weight excluding hydrogens is 387 g/mol. The van der Waals surface area contributed by atoms with Crippen molar-refractivity contribution in [1.29, 1.82) is 0 Å². The molecule has 1 amide bonds. The van der Waals surface area contributed by atoms with Gasteiger partial charge in [0, 0.05) is 12.6 Å². The zero-order chi connectivity index (χ0) is 18.9. The fourth-order valence-electron chi connectivity index (χ4n) is 2.76. The Balaban J connectivity index is 0.00000364. The summed E-state index contributed by atoms with van der Waals surface area (Å²) in [7, 11) is 1.53. The van der Waals surface area contributed by atoms with Crippen molar-refractivity contribution in [3.63, 3.8) is 0 Å².